The van der Waals surface area contributed by atoms with Crippen LogP contribution in [0.1, 0.15) is 18.5 Å². The molecule has 0 amide bonds. The molecule has 1 unspecified atom stereocenters. The second-order valence-corrected chi connectivity index (χ2v) is 9.12. The van der Waals surface area contributed by atoms with Gasteiger partial charge in [-0.15, -0.1) is 0 Å². The quantitative estimate of drug-likeness (QED) is 0.345. The molecule has 1 aliphatic rings. The van der Waals surface area contributed by atoms with Crippen LogP contribution >= 0.6 is 0 Å². The van der Waals surface area contributed by atoms with Gasteiger partial charge >= 0.3 is 0 Å². The Kier molecular flexibility index (Phi) is 5.06. The third-order valence-corrected chi connectivity index (χ3v) is 6.72. The minimum absolute atomic E-state index is 0.198. The van der Waals surface area contributed by atoms with Crippen molar-refractivity contribution in [2.45, 2.75) is 18.4 Å². The summed E-state index contributed by atoms with van der Waals surface area (Å²) in [4.78, 5) is 13.3. The molecule has 2 aromatic carbocycles. The summed E-state index contributed by atoms with van der Waals surface area (Å²) in [6.07, 6.45) is 8.03. The molecule has 5 aromatic rings. The zero-order valence-corrected chi connectivity index (χ0v) is 18.9. The van der Waals surface area contributed by atoms with Crippen LogP contribution in [0.2, 0.25) is 0 Å². The van der Waals surface area contributed by atoms with Crippen LogP contribution < -0.4 is 4.72 Å². The fourth-order valence-electron chi connectivity index (χ4n) is 4.22. The third kappa shape index (κ3) is 3.93. The minimum atomic E-state index is -2.25. The summed E-state index contributed by atoms with van der Waals surface area (Å²) in [5.41, 5.74) is 2.74. The molecule has 176 valence electrons. The number of fused-ring (bicyclic) bond motifs is 1. The van der Waals surface area contributed by atoms with E-state index >= 15 is 0 Å². The maximum atomic E-state index is 14.7. The van der Waals surface area contributed by atoms with E-state index in [0.29, 0.717) is 35.4 Å². The highest BCUT2D eigenvalue weighted by atomic mass is 32.2. The van der Waals surface area contributed by atoms with Gasteiger partial charge in [0.2, 0.25) is 11.3 Å². The highest BCUT2D eigenvalue weighted by molar-refractivity contribution is 7.77. The van der Waals surface area contributed by atoms with Gasteiger partial charge in [0, 0.05) is 29.7 Å². The molecule has 0 aliphatic heterocycles. The number of nitrogens with one attached hydrogen (secondary N) is 1. The molecule has 3 aromatic heterocycles. The first-order chi connectivity index (χ1) is 16.9. The van der Waals surface area contributed by atoms with Crippen LogP contribution in [0.5, 0.6) is 0 Å². The lowest BCUT2D eigenvalue weighted by Crippen LogP contribution is -2.31. The second kappa shape index (κ2) is 8.15. The number of aromatic nitrogens is 5. The smallest absolute Gasteiger partial charge is 0.232 e. The Labute approximate surface area is 200 Å². The topological polar surface area (TPSA) is 97.9 Å². The number of halogens is 2. The van der Waals surface area contributed by atoms with Crippen molar-refractivity contribution in [3.8, 4) is 22.6 Å². The van der Waals surface area contributed by atoms with Gasteiger partial charge in [-0.25, -0.2) is 32.7 Å². The Morgan fingerprint density at radius 3 is 2.63 bits per heavy atom. The number of rotatable bonds is 6. The molecule has 1 atom stereocenters. The number of hydrogen-bond donors (Lipinski definition) is 2. The fourth-order valence-corrected chi connectivity index (χ4v) is 4.87. The van der Waals surface area contributed by atoms with Gasteiger partial charge in [0.1, 0.15) is 23.8 Å². The number of nitrogens with zero attached hydrogens (tertiary/aromatic N) is 5. The minimum Gasteiger partial charge on any atom is -0.306 e. The highest BCUT2D eigenvalue weighted by Crippen LogP contribution is 2.46. The average molecular weight is 493 g/mol. The van der Waals surface area contributed by atoms with Crippen LogP contribution in [-0.2, 0) is 16.8 Å². The normalized spacial score (nSPS) is 15.4. The summed E-state index contributed by atoms with van der Waals surface area (Å²) in [6.45, 7) is 0. The van der Waals surface area contributed by atoms with Crippen molar-refractivity contribution < 1.29 is 17.5 Å². The molecular weight excluding hydrogens is 474 g/mol. The van der Waals surface area contributed by atoms with E-state index in [1.54, 1.807) is 35.6 Å². The van der Waals surface area contributed by atoms with Crippen LogP contribution in [0.3, 0.4) is 0 Å². The highest BCUT2D eigenvalue weighted by Gasteiger charge is 2.47. The predicted molar refractivity (Wildman–Crippen MR) is 126 cm³/mol. The van der Waals surface area contributed by atoms with Gasteiger partial charge in [-0.1, -0.05) is 0 Å². The maximum Gasteiger partial charge on any atom is 0.232 e. The average Bonchev–Trinajstić information content (AvgIpc) is 3.22. The molecule has 0 radical (unpaired) electrons. The van der Waals surface area contributed by atoms with Crippen molar-refractivity contribution in [2.75, 3.05) is 0 Å². The monoisotopic (exact) mass is 492 g/mol. The molecule has 1 saturated carbocycles. The van der Waals surface area contributed by atoms with Gasteiger partial charge in [0.15, 0.2) is 0 Å². The van der Waals surface area contributed by atoms with Gasteiger partial charge < -0.3 is 4.57 Å². The van der Waals surface area contributed by atoms with Crippen LogP contribution in [0.4, 0.5) is 8.78 Å². The van der Waals surface area contributed by atoms with Gasteiger partial charge in [-0.3, -0.25) is 9.12 Å². The molecule has 3 heterocycles. The number of imidazole rings is 2. The molecule has 8 nitrogen and oxygen atoms in total. The van der Waals surface area contributed by atoms with E-state index in [4.69, 9.17) is 4.98 Å². The Morgan fingerprint density at radius 2 is 1.91 bits per heavy atom. The molecule has 0 spiro atoms. The molecule has 1 fully saturated rings. The summed E-state index contributed by atoms with van der Waals surface area (Å²) in [5.74, 6) is -0.931. The van der Waals surface area contributed by atoms with Crippen LogP contribution in [0.15, 0.2) is 73.6 Å². The van der Waals surface area contributed by atoms with Crippen molar-refractivity contribution in [1.82, 2.24) is 28.8 Å². The van der Waals surface area contributed by atoms with E-state index in [2.05, 4.69) is 14.7 Å². The van der Waals surface area contributed by atoms with Crippen molar-refractivity contribution in [1.29, 1.82) is 0 Å². The Morgan fingerprint density at radius 1 is 1.06 bits per heavy atom. The van der Waals surface area contributed by atoms with Crippen LogP contribution in [0, 0.1) is 11.6 Å². The Bertz CT molecular complexity index is 1600. The zero-order valence-electron chi connectivity index (χ0n) is 18.1. The number of hydrogen-bond acceptors (Lipinski definition) is 4. The van der Waals surface area contributed by atoms with E-state index < -0.39 is 28.4 Å². The van der Waals surface area contributed by atoms with E-state index in [9.17, 15) is 17.5 Å². The summed E-state index contributed by atoms with van der Waals surface area (Å²) < 4.78 is 55.6. The fraction of sp³-hybridized carbons (Fsp3) is 0.125. The largest absolute Gasteiger partial charge is 0.306 e. The molecule has 11 heteroatoms. The van der Waals surface area contributed by atoms with Gasteiger partial charge in [0.25, 0.3) is 0 Å². The Hall–Kier alpha value is -3.80. The van der Waals surface area contributed by atoms with E-state index in [1.165, 1.54) is 12.1 Å². The SMILES string of the molecule is O=S(O)NC1(c2cc(-c3ccc(F)cc3F)cc(-n3cnc4cc(-n5ccnc5)ccc43)n2)CC1. The summed E-state index contributed by atoms with van der Waals surface area (Å²) >= 11 is -2.25. The summed E-state index contributed by atoms with van der Waals surface area (Å²) in [7, 11) is 0. The predicted octanol–water partition coefficient (Wildman–Crippen LogP) is 4.27. The first-order valence-electron chi connectivity index (χ1n) is 10.7. The van der Waals surface area contributed by atoms with Crippen molar-refractivity contribution >= 4 is 22.3 Å². The van der Waals surface area contributed by atoms with Gasteiger partial charge in [-0.05, 0) is 60.9 Å². The number of pyridine rings is 1. The maximum absolute atomic E-state index is 14.7. The second-order valence-electron chi connectivity index (χ2n) is 8.41. The van der Waals surface area contributed by atoms with E-state index in [0.717, 1.165) is 17.3 Å². The van der Waals surface area contributed by atoms with Crippen LogP contribution in [-0.4, -0.2) is 32.8 Å². The summed E-state index contributed by atoms with van der Waals surface area (Å²) in [6, 6.07) is 12.5. The van der Waals surface area contributed by atoms with Crippen LogP contribution in [0.25, 0.3) is 33.7 Å². The zero-order chi connectivity index (χ0) is 24.2. The molecule has 0 saturated heterocycles. The Balaban J connectivity index is 1.51. The molecule has 35 heavy (non-hydrogen) atoms. The third-order valence-electron chi connectivity index (χ3n) is 6.16. The first-order valence-corrected chi connectivity index (χ1v) is 11.9. The van der Waals surface area contributed by atoms with Crippen molar-refractivity contribution in [3.63, 3.8) is 0 Å². The standard InChI is InChI=1S/C24H18F2N6O2S/c25-16-1-3-18(19(26)11-16)15-9-22(24(5-6-24)30-35(33)34)29-23(10-15)32-14-28-20-12-17(2-4-21(20)32)31-8-7-27-13-31/h1-4,7-14,30H,5-6H2,(H,33,34). The lowest BCUT2D eigenvalue weighted by atomic mass is 10.0. The molecule has 1 aliphatic carbocycles. The molecule has 2 N–H and O–H groups in total. The number of benzene rings is 2. The van der Waals surface area contributed by atoms with Crippen molar-refractivity contribution in [2.24, 2.45) is 0 Å². The molecule has 0 bridgehead atoms. The molecular formula is C24H18F2N6O2S. The van der Waals surface area contributed by atoms with Crippen molar-refractivity contribution in [3.05, 3.63) is 90.9 Å². The van der Waals surface area contributed by atoms with E-state index in [1.807, 2.05) is 29.0 Å². The van der Waals surface area contributed by atoms with Gasteiger partial charge in [0.05, 0.1) is 28.6 Å². The lowest BCUT2D eigenvalue weighted by Gasteiger charge is -2.18. The lowest BCUT2D eigenvalue weighted by molar-refractivity contribution is 0.518. The van der Waals surface area contributed by atoms with E-state index in [-0.39, 0.29) is 5.56 Å². The first kappa shape index (κ1) is 21.7. The van der Waals surface area contributed by atoms with Gasteiger partial charge in [-0.2, -0.15) is 0 Å². The summed E-state index contributed by atoms with van der Waals surface area (Å²) in [5, 5.41) is 0. The molecule has 6 rings (SSSR count).